The van der Waals surface area contributed by atoms with Crippen molar-refractivity contribution in [1.29, 1.82) is 0 Å². The number of amides is 3. The molecular weight excluding hydrogens is 438 g/mol. The van der Waals surface area contributed by atoms with E-state index in [9.17, 15) is 18.0 Å². The molecule has 3 amide bonds. The Bertz CT molecular complexity index is 1140. The molecule has 1 aliphatic carbocycles. The Kier molecular flexibility index (Phi) is 5.97. The molecule has 2 aromatic carbocycles. The molecule has 0 aromatic heterocycles. The normalized spacial score (nSPS) is 21.1. The van der Waals surface area contributed by atoms with Gasteiger partial charge in [0.15, 0.2) is 9.84 Å². The molecule has 2 aliphatic heterocycles. The average Bonchev–Trinajstić information content (AvgIpc) is 3.59. The van der Waals surface area contributed by atoms with Crippen LogP contribution in [0.25, 0.3) is 11.1 Å². The van der Waals surface area contributed by atoms with Gasteiger partial charge in [0.25, 0.3) is 0 Å². The van der Waals surface area contributed by atoms with Gasteiger partial charge in [-0.3, -0.25) is 14.6 Å². The Morgan fingerprint density at radius 2 is 1.58 bits per heavy atom. The third-order valence-electron chi connectivity index (χ3n) is 6.70. The summed E-state index contributed by atoms with van der Waals surface area (Å²) in [5.74, 6) is 0.873. The van der Waals surface area contributed by atoms with Crippen molar-refractivity contribution in [1.82, 2.24) is 14.7 Å². The standard InChI is InChI=1S/C25H29N3O4S/c29-24-18-27(25(30)28(24)17-20-4-5-20)16-19-6-8-22(9-7-19)23-3-1-2-21(14-23)15-26-10-12-33(31,32)13-11-26/h1-3,6-9,14,20H,4-5,10-13,15-18H2. The quantitative estimate of drug-likeness (QED) is 0.585. The second kappa shape index (κ2) is 8.91. The molecule has 0 spiro atoms. The molecule has 0 bridgehead atoms. The molecule has 33 heavy (non-hydrogen) atoms. The van der Waals surface area contributed by atoms with Crippen LogP contribution in [0.1, 0.15) is 24.0 Å². The fraction of sp³-hybridized carbons (Fsp3) is 0.440. The summed E-state index contributed by atoms with van der Waals surface area (Å²) < 4.78 is 23.3. The first-order valence-electron chi connectivity index (χ1n) is 11.6. The smallest absolute Gasteiger partial charge is 0.311 e. The minimum atomic E-state index is -2.87. The highest BCUT2D eigenvalue weighted by atomic mass is 32.2. The zero-order valence-corrected chi connectivity index (χ0v) is 19.5. The molecule has 1 saturated carbocycles. The third kappa shape index (κ3) is 5.28. The van der Waals surface area contributed by atoms with E-state index in [4.69, 9.17) is 0 Å². The zero-order chi connectivity index (χ0) is 23.0. The SMILES string of the molecule is O=C1CN(Cc2ccc(-c3cccc(CN4CCS(=O)(=O)CC4)c3)cc2)C(=O)N1CC1CC1. The van der Waals surface area contributed by atoms with Gasteiger partial charge in [-0.2, -0.15) is 0 Å². The van der Waals surface area contributed by atoms with Crippen LogP contribution in [0.5, 0.6) is 0 Å². The Morgan fingerprint density at radius 1 is 0.848 bits per heavy atom. The van der Waals surface area contributed by atoms with E-state index in [-0.39, 0.29) is 30.0 Å². The molecule has 2 saturated heterocycles. The van der Waals surface area contributed by atoms with E-state index in [1.165, 1.54) is 4.90 Å². The number of hydrogen-bond donors (Lipinski definition) is 0. The maximum atomic E-state index is 12.6. The molecule has 0 N–H and O–H groups in total. The van der Waals surface area contributed by atoms with Crippen molar-refractivity contribution < 1.29 is 18.0 Å². The number of carbonyl (C=O) groups excluding carboxylic acids is 2. The molecule has 174 valence electrons. The second-order valence-corrected chi connectivity index (χ2v) is 11.7. The topological polar surface area (TPSA) is 78.0 Å². The van der Waals surface area contributed by atoms with E-state index in [1.807, 2.05) is 30.3 Å². The van der Waals surface area contributed by atoms with Gasteiger partial charge in [0.1, 0.15) is 6.54 Å². The summed E-state index contributed by atoms with van der Waals surface area (Å²) >= 11 is 0. The van der Waals surface area contributed by atoms with Gasteiger partial charge in [0.2, 0.25) is 5.91 Å². The first-order chi connectivity index (χ1) is 15.9. The summed E-state index contributed by atoms with van der Waals surface area (Å²) in [5.41, 5.74) is 4.35. The summed E-state index contributed by atoms with van der Waals surface area (Å²) in [6.45, 7) is 3.06. The zero-order valence-electron chi connectivity index (χ0n) is 18.7. The van der Waals surface area contributed by atoms with Crippen LogP contribution in [0.3, 0.4) is 0 Å². The fourth-order valence-electron chi connectivity index (χ4n) is 4.49. The molecule has 2 aromatic rings. The van der Waals surface area contributed by atoms with Crippen LogP contribution >= 0.6 is 0 Å². The number of rotatable bonds is 7. The van der Waals surface area contributed by atoms with Gasteiger partial charge >= 0.3 is 6.03 Å². The lowest BCUT2D eigenvalue weighted by atomic mass is 10.0. The van der Waals surface area contributed by atoms with Gasteiger partial charge in [-0.1, -0.05) is 42.5 Å². The number of hydrogen-bond acceptors (Lipinski definition) is 5. The van der Waals surface area contributed by atoms with Crippen molar-refractivity contribution in [2.24, 2.45) is 5.92 Å². The van der Waals surface area contributed by atoms with Crippen molar-refractivity contribution in [2.45, 2.75) is 25.9 Å². The highest BCUT2D eigenvalue weighted by molar-refractivity contribution is 7.91. The van der Waals surface area contributed by atoms with Crippen molar-refractivity contribution in [3.63, 3.8) is 0 Å². The van der Waals surface area contributed by atoms with Crippen molar-refractivity contribution in [2.75, 3.05) is 37.7 Å². The number of imide groups is 1. The summed E-state index contributed by atoms with van der Waals surface area (Å²) in [4.78, 5) is 30.0. The van der Waals surface area contributed by atoms with Crippen molar-refractivity contribution in [3.05, 3.63) is 59.7 Å². The largest absolute Gasteiger partial charge is 0.327 e. The fourth-order valence-corrected chi connectivity index (χ4v) is 5.77. The van der Waals surface area contributed by atoms with Gasteiger partial charge in [0.05, 0.1) is 11.5 Å². The number of benzene rings is 2. The van der Waals surface area contributed by atoms with E-state index in [2.05, 4.69) is 23.1 Å². The van der Waals surface area contributed by atoms with E-state index in [0.717, 1.165) is 41.6 Å². The minimum absolute atomic E-state index is 0.0911. The Hall–Kier alpha value is -2.71. The molecule has 0 atom stereocenters. The highest BCUT2D eigenvalue weighted by Gasteiger charge is 2.39. The maximum Gasteiger partial charge on any atom is 0.327 e. The molecular formula is C25H29N3O4S. The molecule has 8 heteroatoms. The molecule has 3 aliphatic rings. The van der Waals surface area contributed by atoms with Crippen LogP contribution in [-0.2, 0) is 27.7 Å². The lowest BCUT2D eigenvalue weighted by Crippen LogP contribution is -2.39. The summed E-state index contributed by atoms with van der Waals surface area (Å²) in [6.07, 6.45) is 2.22. The molecule has 7 nitrogen and oxygen atoms in total. The molecule has 3 fully saturated rings. The van der Waals surface area contributed by atoms with Crippen LogP contribution in [-0.4, -0.2) is 72.7 Å². The average molecular weight is 468 g/mol. The predicted octanol–water partition coefficient (Wildman–Crippen LogP) is 2.76. The third-order valence-corrected chi connectivity index (χ3v) is 8.31. The van der Waals surface area contributed by atoms with Gasteiger partial charge in [-0.25, -0.2) is 13.2 Å². The van der Waals surface area contributed by atoms with Crippen LogP contribution in [0, 0.1) is 5.92 Å². The van der Waals surface area contributed by atoms with E-state index in [1.54, 1.807) is 4.90 Å². The van der Waals surface area contributed by atoms with Crippen molar-refractivity contribution in [3.8, 4) is 11.1 Å². The Labute approximate surface area is 194 Å². The van der Waals surface area contributed by atoms with Crippen LogP contribution in [0.2, 0.25) is 0 Å². The molecule has 0 radical (unpaired) electrons. The van der Waals surface area contributed by atoms with Gasteiger partial charge in [0, 0.05) is 32.7 Å². The lowest BCUT2D eigenvalue weighted by Gasteiger charge is -2.26. The first-order valence-corrected chi connectivity index (χ1v) is 13.4. The summed E-state index contributed by atoms with van der Waals surface area (Å²) in [6, 6.07) is 16.3. The van der Waals surface area contributed by atoms with Gasteiger partial charge in [-0.05, 0) is 47.1 Å². The lowest BCUT2D eigenvalue weighted by molar-refractivity contribution is -0.125. The summed E-state index contributed by atoms with van der Waals surface area (Å²) in [5, 5.41) is 0. The highest BCUT2D eigenvalue weighted by Crippen LogP contribution is 2.31. The number of nitrogens with zero attached hydrogens (tertiary/aromatic N) is 3. The Balaban J connectivity index is 1.21. The number of urea groups is 1. The second-order valence-electron chi connectivity index (χ2n) is 9.41. The Morgan fingerprint density at radius 3 is 2.27 bits per heavy atom. The molecule has 0 unspecified atom stereocenters. The maximum absolute atomic E-state index is 12.6. The molecule has 5 rings (SSSR count). The van der Waals surface area contributed by atoms with Crippen LogP contribution < -0.4 is 0 Å². The summed E-state index contributed by atoms with van der Waals surface area (Å²) in [7, 11) is -2.87. The van der Waals surface area contributed by atoms with Gasteiger partial charge < -0.3 is 4.90 Å². The number of sulfone groups is 1. The van der Waals surface area contributed by atoms with E-state index < -0.39 is 9.84 Å². The van der Waals surface area contributed by atoms with E-state index in [0.29, 0.717) is 32.1 Å². The predicted molar refractivity (Wildman–Crippen MR) is 126 cm³/mol. The van der Waals surface area contributed by atoms with Crippen molar-refractivity contribution >= 4 is 21.8 Å². The molecule has 2 heterocycles. The first kappa shape index (κ1) is 22.1. The van der Waals surface area contributed by atoms with Crippen LogP contribution in [0.4, 0.5) is 4.79 Å². The number of carbonyl (C=O) groups is 2. The van der Waals surface area contributed by atoms with E-state index >= 15 is 0 Å². The van der Waals surface area contributed by atoms with Gasteiger partial charge in [-0.15, -0.1) is 0 Å². The monoisotopic (exact) mass is 467 g/mol. The minimum Gasteiger partial charge on any atom is -0.311 e. The van der Waals surface area contributed by atoms with Crippen LogP contribution in [0.15, 0.2) is 48.5 Å².